The summed E-state index contributed by atoms with van der Waals surface area (Å²) in [5.74, 6) is 0.623. The molecule has 0 aromatic carbocycles. The van der Waals surface area contributed by atoms with E-state index in [1.165, 1.54) is 6.08 Å². The van der Waals surface area contributed by atoms with Gasteiger partial charge in [0.15, 0.2) is 5.82 Å². The van der Waals surface area contributed by atoms with Gasteiger partial charge in [0.2, 0.25) is 5.95 Å². The molecule has 110 valence electrons. The number of hydrogen-bond donors (Lipinski definition) is 2. The first-order valence-electron chi connectivity index (χ1n) is 6.58. The van der Waals surface area contributed by atoms with Crippen LogP contribution in [0, 0.1) is 6.92 Å². The Morgan fingerprint density at radius 3 is 2.86 bits per heavy atom. The molecule has 0 aliphatic carbocycles. The molecule has 0 radical (unpaired) electrons. The maximum absolute atomic E-state index is 11.8. The molecule has 0 atom stereocenters. The highest BCUT2D eigenvalue weighted by atomic mass is 32.1. The molecule has 0 bridgehead atoms. The van der Waals surface area contributed by atoms with Crippen LogP contribution < -0.4 is 5.32 Å². The lowest BCUT2D eigenvalue weighted by molar-refractivity contribution is -0.111. The lowest BCUT2D eigenvalue weighted by Gasteiger charge is -1.95. The number of carbonyl (C=O) groups is 1. The lowest BCUT2D eigenvalue weighted by atomic mass is 10.2. The van der Waals surface area contributed by atoms with Crippen molar-refractivity contribution in [2.24, 2.45) is 0 Å². The van der Waals surface area contributed by atoms with Gasteiger partial charge in [0.1, 0.15) is 0 Å². The maximum Gasteiger partial charge on any atom is 0.250 e. The van der Waals surface area contributed by atoms with Crippen LogP contribution in [0.25, 0.3) is 16.8 Å². The molecule has 22 heavy (non-hydrogen) atoms. The fraction of sp³-hybridized carbons (Fsp3) is 0.0667. The Labute approximate surface area is 131 Å². The van der Waals surface area contributed by atoms with Crippen molar-refractivity contribution in [2.45, 2.75) is 6.92 Å². The number of aromatic amines is 1. The van der Waals surface area contributed by atoms with E-state index in [0.29, 0.717) is 5.82 Å². The molecule has 0 saturated carbocycles. The fourth-order valence-electron chi connectivity index (χ4n) is 1.83. The number of thiophene rings is 1. The Hall–Kier alpha value is -2.80. The first-order valence-corrected chi connectivity index (χ1v) is 7.46. The Morgan fingerprint density at radius 2 is 2.14 bits per heavy atom. The van der Waals surface area contributed by atoms with E-state index in [0.717, 1.165) is 16.0 Å². The zero-order valence-corrected chi connectivity index (χ0v) is 12.6. The SMILES string of the molecule is Cc1ccsc1-c1nc(NC(=O)/C=C/c2ccncc2)n[nH]1. The van der Waals surface area contributed by atoms with Crippen molar-refractivity contribution in [1.29, 1.82) is 0 Å². The zero-order chi connectivity index (χ0) is 15.4. The summed E-state index contributed by atoms with van der Waals surface area (Å²) < 4.78 is 0. The normalized spacial score (nSPS) is 11.0. The van der Waals surface area contributed by atoms with Gasteiger partial charge >= 0.3 is 0 Å². The van der Waals surface area contributed by atoms with E-state index in [1.54, 1.807) is 29.8 Å². The molecule has 7 heteroatoms. The molecule has 0 aliphatic heterocycles. The first-order chi connectivity index (χ1) is 10.7. The second kappa shape index (κ2) is 6.31. The smallest absolute Gasteiger partial charge is 0.250 e. The number of pyridine rings is 1. The van der Waals surface area contributed by atoms with Gasteiger partial charge in [-0.25, -0.2) is 0 Å². The summed E-state index contributed by atoms with van der Waals surface area (Å²) in [6, 6.07) is 5.64. The van der Waals surface area contributed by atoms with Gasteiger partial charge in [0.25, 0.3) is 5.91 Å². The Balaban J connectivity index is 1.67. The molecule has 3 aromatic heterocycles. The number of carbonyl (C=O) groups excluding carboxylic acids is 1. The topological polar surface area (TPSA) is 83.6 Å². The molecule has 0 saturated heterocycles. The highest BCUT2D eigenvalue weighted by Crippen LogP contribution is 2.26. The van der Waals surface area contributed by atoms with E-state index < -0.39 is 0 Å². The zero-order valence-electron chi connectivity index (χ0n) is 11.8. The molecular weight excluding hydrogens is 298 g/mol. The van der Waals surface area contributed by atoms with Crippen LogP contribution in [0.4, 0.5) is 5.95 Å². The van der Waals surface area contributed by atoms with Crippen molar-refractivity contribution >= 4 is 29.3 Å². The highest BCUT2D eigenvalue weighted by molar-refractivity contribution is 7.13. The van der Waals surface area contributed by atoms with Crippen LogP contribution in [0.2, 0.25) is 0 Å². The van der Waals surface area contributed by atoms with Crippen LogP contribution in [0.1, 0.15) is 11.1 Å². The molecule has 1 amide bonds. The van der Waals surface area contributed by atoms with Crippen molar-refractivity contribution in [3.05, 3.63) is 53.2 Å². The number of aromatic nitrogens is 4. The summed E-state index contributed by atoms with van der Waals surface area (Å²) in [6.07, 6.45) is 6.47. The number of anilines is 1. The van der Waals surface area contributed by atoms with Crippen LogP contribution in [0.3, 0.4) is 0 Å². The Kier molecular flexibility index (Phi) is 4.06. The summed E-state index contributed by atoms with van der Waals surface area (Å²) in [5.41, 5.74) is 2.02. The third-order valence-corrected chi connectivity index (χ3v) is 3.95. The highest BCUT2D eigenvalue weighted by Gasteiger charge is 2.10. The molecule has 0 fully saturated rings. The van der Waals surface area contributed by atoms with E-state index in [4.69, 9.17) is 0 Å². The van der Waals surface area contributed by atoms with Gasteiger partial charge < -0.3 is 0 Å². The maximum atomic E-state index is 11.8. The Bertz CT molecular complexity index is 806. The second-order valence-electron chi connectivity index (χ2n) is 4.54. The summed E-state index contributed by atoms with van der Waals surface area (Å²) in [4.78, 5) is 21.1. The van der Waals surface area contributed by atoms with Crippen LogP contribution in [-0.4, -0.2) is 26.1 Å². The van der Waals surface area contributed by atoms with Gasteiger partial charge in [0, 0.05) is 18.5 Å². The van der Waals surface area contributed by atoms with Gasteiger partial charge in [-0.3, -0.25) is 20.2 Å². The van der Waals surface area contributed by atoms with E-state index in [9.17, 15) is 4.79 Å². The quantitative estimate of drug-likeness (QED) is 0.726. The van der Waals surface area contributed by atoms with Gasteiger partial charge in [0.05, 0.1) is 4.88 Å². The summed E-state index contributed by atoms with van der Waals surface area (Å²) in [6.45, 7) is 2.00. The minimum atomic E-state index is -0.287. The third-order valence-electron chi connectivity index (χ3n) is 2.93. The summed E-state index contributed by atoms with van der Waals surface area (Å²) in [5, 5.41) is 11.4. The number of hydrogen-bond acceptors (Lipinski definition) is 5. The predicted molar refractivity (Wildman–Crippen MR) is 86.3 cm³/mol. The molecule has 0 unspecified atom stereocenters. The number of nitrogens with zero attached hydrogens (tertiary/aromatic N) is 3. The van der Waals surface area contributed by atoms with Crippen LogP contribution in [-0.2, 0) is 4.79 Å². The number of nitrogens with one attached hydrogen (secondary N) is 2. The number of aryl methyl sites for hydroxylation is 1. The van der Waals surface area contributed by atoms with Crippen LogP contribution >= 0.6 is 11.3 Å². The number of amides is 1. The van der Waals surface area contributed by atoms with E-state index in [2.05, 4.69) is 25.5 Å². The van der Waals surface area contributed by atoms with Crippen molar-refractivity contribution in [3.63, 3.8) is 0 Å². The largest absolute Gasteiger partial charge is 0.290 e. The van der Waals surface area contributed by atoms with E-state index in [-0.39, 0.29) is 11.9 Å². The molecule has 3 aromatic rings. The summed E-state index contributed by atoms with van der Waals surface area (Å²) in [7, 11) is 0. The van der Waals surface area contributed by atoms with Crippen LogP contribution in [0.15, 0.2) is 42.0 Å². The minimum Gasteiger partial charge on any atom is -0.290 e. The van der Waals surface area contributed by atoms with Gasteiger partial charge in [-0.15, -0.1) is 16.4 Å². The second-order valence-corrected chi connectivity index (χ2v) is 5.46. The first kappa shape index (κ1) is 14.2. The molecule has 0 aliphatic rings. The van der Waals surface area contributed by atoms with Crippen molar-refractivity contribution in [2.75, 3.05) is 5.32 Å². The molecule has 3 heterocycles. The van der Waals surface area contributed by atoms with Gasteiger partial charge in [-0.05, 0) is 47.7 Å². The van der Waals surface area contributed by atoms with Gasteiger partial charge in [-0.1, -0.05) is 0 Å². The van der Waals surface area contributed by atoms with E-state index >= 15 is 0 Å². The number of H-pyrrole nitrogens is 1. The molecule has 3 rings (SSSR count). The lowest BCUT2D eigenvalue weighted by Crippen LogP contribution is -2.09. The fourth-order valence-corrected chi connectivity index (χ4v) is 2.70. The monoisotopic (exact) mass is 311 g/mol. The molecular formula is C15H13N5OS. The predicted octanol–water partition coefficient (Wildman–Crippen LogP) is 2.89. The average Bonchev–Trinajstić information content (AvgIpc) is 3.15. The van der Waals surface area contributed by atoms with Crippen molar-refractivity contribution in [3.8, 4) is 10.7 Å². The number of rotatable bonds is 4. The third kappa shape index (κ3) is 3.26. The Morgan fingerprint density at radius 1 is 1.32 bits per heavy atom. The van der Waals surface area contributed by atoms with Crippen molar-refractivity contribution in [1.82, 2.24) is 20.2 Å². The summed E-state index contributed by atoms with van der Waals surface area (Å²) >= 11 is 1.58. The van der Waals surface area contributed by atoms with Crippen molar-refractivity contribution < 1.29 is 4.79 Å². The van der Waals surface area contributed by atoms with Gasteiger partial charge in [-0.2, -0.15) is 4.98 Å². The average molecular weight is 311 g/mol. The van der Waals surface area contributed by atoms with E-state index in [1.807, 2.05) is 30.5 Å². The molecule has 6 nitrogen and oxygen atoms in total. The minimum absolute atomic E-state index is 0.257. The molecule has 0 spiro atoms. The standard InChI is InChI=1S/C15H13N5OS/c1-10-6-9-22-13(10)14-18-15(20-19-14)17-12(21)3-2-11-4-7-16-8-5-11/h2-9H,1H3,(H2,17,18,19,20,21)/b3-2+. The van der Waals surface area contributed by atoms with Crippen LogP contribution in [0.5, 0.6) is 0 Å². The molecule has 2 N–H and O–H groups in total.